The van der Waals surface area contributed by atoms with Crippen molar-refractivity contribution in [3.63, 3.8) is 0 Å². The molecule has 0 aliphatic heterocycles. The van der Waals surface area contributed by atoms with E-state index in [1.54, 1.807) is 6.07 Å². The van der Waals surface area contributed by atoms with Crippen molar-refractivity contribution in [3.8, 4) is 11.5 Å². The Morgan fingerprint density at radius 2 is 1.94 bits per heavy atom. The summed E-state index contributed by atoms with van der Waals surface area (Å²) in [6.45, 7) is 6.33. The quantitative estimate of drug-likeness (QED) is 0.688. The zero-order valence-corrected chi connectivity index (χ0v) is 10.5. The molecule has 3 N–H and O–H groups in total. The number of benzene rings is 1. The number of phenolic OH excluding ortho intramolecular Hbond substituents is 2. The average molecular weight is 235 g/mol. The lowest BCUT2D eigenvalue weighted by Crippen LogP contribution is -2.27. The van der Waals surface area contributed by atoms with E-state index in [4.69, 9.17) is 0 Å². The van der Waals surface area contributed by atoms with Crippen LogP contribution < -0.4 is 5.32 Å². The molecule has 0 heterocycles. The Morgan fingerprint density at radius 3 is 2.47 bits per heavy atom. The lowest BCUT2D eigenvalue weighted by atomic mass is 9.92. The fourth-order valence-corrected chi connectivity index (χ4v) is 2.25. The van der Waals surface area contributed by atoms with Crippen LogP contribution in [0.1, 0.15) is 32.3 Å². The van der Waals surface area contributed by atoms with Crippen LogP contribution in [0.5, 0.6) is 11.5 Å². The van der Waals surface area contributed by atoms with Gasteiger partial charge in [-0.2, -0.15) is 0 Å². The van der Waals surface area contributed by atoms with Crippen LogP contribution in [0.15, 0.2) is 18.2 Å². The van der Waals surface area contributed by atoms with Gasteiger partial charge in [0.1, 0.15) is 0 Å². The van der Waals surface area contributed by atoms with Gasteiger partial charge in [-0.3, -0.25) is 0 Å². The number of aromatic hydroxyl groups is 2. The molecule has 0 unspecified atom stereocenters. The summed E-state index contributed by atoms with van der Waals surface area (Å²) in [5.41, 5.74) is 1.50. The SMILES string of the molecule is CC(C)C1(CNCc2ccc(O)c(O)c2)CC1. The monoisotopic (exact) mass is 235 g/mol. The van der Waals surface area contributed by atoms with Crippen molar-refractivity contribution in [2.24, 2.45) is 11.3 Å². The maximum absolute atomic E-state index is 9.38. The van der Waals surface area contributed by atoms with Crippen molar-refractivity contribution in [2.75, 3.05) is 6.54 Å². The normalized spacial score (nSPS) is 17.4. The Hall–Kier alpha value is -1.22. The molecule has 1 aliphatic rings. The lowest BCUT2D eigenvalue weighted by molar-refractivity contribution is 0.337. The first kappa shape index (κ1) is 12.2. The molecule has 3 heteroatoms. The third kappa shape index (κ3) is 2.72. The van der Waals surface area contributed by atoms with Crippen molar-refractivity contribution in [1.82, 2.24) is 5.32 Å². The topological polar surface area (TPSA) is 52.5 Å². The van der Waals surface area contributed by atoms with Crippen molar-refractivity contribution in [3.05, 3.63) is 23.8 Å². The van der Waals surface area contributed by atoms with E-state index in [0.717, 1.165) is 24.6 Å². The van der Waals surface area contributed by atoms with Crippen LogP contribution >= 0.6 is 0 Å². The molecule has 1 saturated carbocycles. The highest BCUT2D eigenvalue weighted by Crippen LogP contribution is 2.51. The summed E-state index contributed by atoms with van der Waals surface area (Å²) in [5.74, 6) is 0.618. The molecule has 94 valence electrons. The molecule has 1 fully saturated rings. The third-order valence-corrected chi connectivity index (χ3v) is 3.96. The lowest BCUT2D eigenvalue weighted by Gasteiger charge is -2.20. The van der Waals surface area contributed by atoms with Crippen LogP contribution in [-0.4, -0.2) is 16.8 Å². The fourth-order valence-electron chi connectivity index (χ4n) is 2.25. The first-order valence-electron chi connectivity index (χ1n) is 6.25. The standard InChI is InChI=1S/C14H21NO2/c1-10(2)14(5-6-14)9-15-8-11-3-4-12(16)13(17)7-11/h3-4,7,10,15-17H,5-6,8-9H2,1-2H3. The molecule has 1 aromatic carbocycles. The Bertz CT molecular complexity index is 397. The van der Waals surface area contributed by atoms with E-state index in [9.17, 15) is 10.2 Å². The Balaban J connectivity index is 1.84. The molecular formula is C14H21NO2. The molecule has 1 aliphatic carbocycles. The van der Waals surface area contributed by atoms with E-state index >= 15 is 0 Å². The summed E-state index contributed by atoms with van der Waals surface area (Å²) < 4.78 is 0. The maximum Gasteiger partial charge on any atom is 0.157 e. The highest BCUT2D eigenvalue weighted by Gasteiger charge is 2.44. The van der Waals surface area contributed by atoms with Crippen LogP contribution in [0.25, 0.3) is 0 Å². The largest absolute Gasteiger partial charge is 0.504 e. The smallest absolute Gasteiger partial charge is 0.157 e. The van der Waals surface area contributed by atoms with Gasteiger partial charge in [0, 0.05) is 13.1 Å². The number of hydrogen-bond acceptors (Lipinski definition) is 3. The first-order valence-corrected chi connectivity index (χ1v) is 6.25. The molecule has 0 radical (unpaired) electrons. The third-order valence-electron chi connectivity index (χ3n) is 3.96. The summed E-state index contributed by atoms with van der Waals surface area (Å²) in [5, 5.41) is 22.0. The minimum atomic E-state index is -0.0606. The second-order valence-corrected chi connectivity index (χ2v) is 5.44. The highest BCUT2D eigenvalue weighted by molar-refractivity contribution is 5.40. The van der Waals surface area contributed by atoms with Gasteiger partial charge in [0.05, 0.1) is 0 Å². The molecule has 2 rings (SSSR count). The van der Waals surface area contributed by atoms with Crippen molar-refractivity contribution >= 4 is 0 Å². The van der Waals surface area contributed by atoms with Crippen LogP contribution in [0.4, 0.5) is 0 Å². The predicted octanol–water partition coefficient (Wildman–Crippen LogP) is 2.62. The second kappa shape index (κ2) is 4.57. The Morgan fingerprint density at radius 1 is 1.24 bits per heavy atom. The fraction of sp³-hybridized carbons (Fsp3) is 0.571. The van der Waals surface area contributed by atoms with Gasteiger partial charge in [0.15, 0.2) is 11.5 Å². The van der Waals surface area contributed by atoms with Crippen molar-refractivity contribution in [1.29, 1.82) is 0 Å². The number of phenols is 2. The Labute approximate surface area is 102 Å². The van der Waals surface area contributed by atoms with Gasteiger partial charge in [-0.25, -0.2) is 0 Å². The maximum atomic E-state index is 9.38. The minimum absolute atomic E-state index is 0.0469. The number of rotatable bonds is 5. The van der Waals surface area contributed by atoms with E-state index in [-0.39, 0.29) is 11.5 Å². The van der Waals surface area contributed by atoms with Gasteiger partial charge in [0.25, 0.3) is 0 Å². The molecule has 1 aromatic rings. The van der Waals surface area contributed by atoms with Crippen LogP contribution in [0.3, 0.4) is 0 Å². The average Bonchev–Trinajstić information content (AvgIpc) is 3.04. The molecule has 0 aromatic heterocycles. The summed E-state index contributed by atoms with van der Waals surface area (Å²) >= 11 is 0. The van der Waals surface area contributed by atoms with Crippen molar-refractivity contribution in [2.45, 2.75) is 33.2 Å². The molecule has 0 amide bonds. The molecular weight excluding hydrogens is 214 g/mol. The minimum Gasteiger partial charge on any atom is -0.504 e. The number of nitrogens with one attached hydrogen (secondary N) is 1. The molecule has 0 bridgehead atoms. The van der Waals surface area contributed by atoms with E-state index in [0.29, 0.717) is 5.41 Å². The number of hydrogen-bond donors (Lipinski definition) is 3. The van der Waals surface area contributed by atoms with Gasteiger partial charge < -0.3 is 15.5 Å². The summed E-state index contributed by atoms with van der Waals surface area (Å²) in [4.78, 5) is 0. The molecule has 17 heavy (non-hydrogen) atoms. The summed E-state index contributed by atoms with van der Waals surface area (Å²) in [6.07, 6.45) is 2.64. The molecule has 0 saturated heterocycles. The van der Waals surface area contributed by atoms with E-state index in [2.05, 4.69) is 19.2 Å². The predicted molar refractivity (Wildman–Crippen MR) is 68.0 cm³/mol. The zero-order valence-electron chi connectivity index (χ0n) is 10.5. The van der Waals surface area contributed by atoms with E-state index < -0.39 is 0 Å². The highest BCUT2D eigenvalue weighted by atomic mass is 16.3. The van der Waals surface area contributed by atoms with Gasteiger partial charge in [-0.15, -0.1) is 0 Å². The van der Waals surface area contributed by atoms with Crippen LogP contribution in [0.2, 0.25) is 0 Å². The molecule has 0 spiro atoms. The van der Waals surface area contributed by atoms with E-state index in [1.165, 1.54) is 18.9 Å². The summed E-state index contributed by atoms with van der Waals surface area (Å²) in [7, 11) is 0. The zero-order chi connectivity index (χ0) is 12.5. The van der Waals surface area contributed by atoms with Gasteiger partial charge >= 0.3 is 0 Å². The van der Waals surface area contributed by atoms with Gasteiger partial charge in [0.2, 0.25) is 0 Å². The Kier molecular flexibility index (Phi) is 3.29. The second-order valence-electron chi connectivity index (χ2n) is 5.44. The van der Waals surface area contributed by atoms with Crippen LogP contribution in [0, 0.1) is 11.3 Å². The first-order chi connectivity index (χ1) is 8.03. The van der Waals surface area contributed by atoms with Gasteiger partial charge in [-0.1, -0.05) is 19.9 Å². The summed E-state index contributed by atoms with van der Waals surface area (Å²) in [6, 6.07) is 4.97. The molecule has 3 nitrogen and oxygen atoms in total. The van der Waals surface area contributed by atoms with E-state index in [1.807, 2.05) is 6.07 Å². The van der Waals surface area contributed by atoms with Gasteiger partial charge in [-0.05, 0) is 41.9 Å². The van der Waals surface area contributed by atoms with Crippen LogP contribution in [-0.2, 0) is 6.54 Å². The molecule has 0 atom stereocenters. The van der Waals surface area contributed by atoms with Crippen molar-refractivity contribution < 1.29 is 10.2 Å².